The summed E-state index contributed by atoms with van der Waals surface area (Å²) in [6, 6.07) is 0.365. The first-order valence-electron chi connectivity index (χ1n) is 7.54. The summed E-state index contributed by atoms with van der Waals surface area (Å²) in [4.78, 5) is 0. The van der Waals surface area contributed by atoms with E-state index in [1.54, 1.807) is 0 Å². The quantitative estimate of drug-likeness (QED) is 0.661. The molecular formula is C14H29NO3S. The lowest BCUT2D eigenvalue weighted by Crippen LogP contribution is -2.39. The van der Waals surface area contributed by atoms with E-state index in [-0.39, 0.29) is 5.25 Å². The molecular weight excluding hydrogens is 262 g/mol. The van der Waals surface area contributed by atoms with Crippen LogP contribution in [0.1, 0.15) is 51.9 Å². The second-order valence-corrected chi connectivity index (χ2v) is 7.91. The summed E-state index contributed by atoms with van der Waals surface area (Å²) >= 11 is 0. The van der Waals surface area contributed by atoms with Gasteiger partial charge in [0.05, 0.1) is 5.25 Å². The van der Waals surface area contributed by atoms with E-state index >= 15 is 0 Å². The lowest BCUT2D eigenvalue weighted by Gasteiger charge is -2.28. The van der Waals surface area contributed by atoms with Crippen molar-refractivity contribution in [1.29, 1.82) is 0 Å². The van der Waals surface area contributed by atoms with Gasteiger partial charge in [-0.05, 0) is 38.6 Å². The van der Waals surface area contributed by atoms with Gasteiger partial charge in [-0.15, -0.1) is 0 Å². The monoisotopic (exact) mass is 291 g/mol. The Morgan fingerprint density at radius 3 is 2.63 bits per heavy atom. The van der Waals surface area contributed by atoms with E-state index in [0.717, 1.165) is 58.3 Å². The van der Waals surface area contributed by atoms with Gasteiger partial charge in [0.1, 0.15) is 9.84 Å². The van der Waals surface area contributed by atoms with Crippen molar-refractivity contribution in [3.8, 4) is 0 Å². The largest absolute Gasteiger partial charge is 0.381 e. The van der Waals surface area contributed by atoms with Gasteiger partial charge < -0.3 is 10.1 Å². The maximum atomic E-state index is 11.6. The molecule has 2 unspecified atom stereocenters. The van der Waals surface area contributed by atoms with Crippen LogP contribution in [0, 0.1) is 0 Å². The summed E-state index contributed by atoms with van der Waals surface area (Å²) in [6.45, 7) is 4.74. The molecule has 0 aromatic rings. The molecule has 0 aromatic carbocycles. The molecule has 0 amide bonds. The molecule has 1 fully saturated rings. The average Bonchev–Trinajstić information content (AvgIpc) is 2.37. The number of unbranched alkanes of at least 4 members (excludes halogenated alkanes) is 1. The molecule has 0 bridgehead atoms. The van der Waals surface area contributed by atoms with E-state index in [9.17, 15) is 8.42 Å². The van der Waals surface area contributed by atoms with Gasteiger partial charge in [-0.3, -0.25) is 0 Å². The fourth-order valence-electron chi connectivity index (χ4n) is 2.55. The van der Waals surface area contributed by atoms with Crippen LogP contribution in [0.5, 0.6) is 0 Å². The van der Waals surface area contributed by atoms with E-state index in [4.69, 9.17) is 4.74 Å². The van der Waals surface area contributed by atoms with E-state index in [0.29, 0.717) is 6.04 Å². The molecule has 1 saturated carbocycles. The summed E-state index contributed by atoms with van der Waals surface area (Å²) < 4.78 is 28.6. The summed E-state index contributed by atoms with van der Waals surface area (Å²) in [5, 5.41) is 3.33. The highest BCUT2D eigenvalue weighted by Gasteiger charge is 2.28. The minimum Gasteiger partial charge on any atom is -0.381 e. The van der Waals surface area contributed by atoms with E-state index in [2.05, 4.69) is 12.2 Å². The van der Waals surface area contributed by atoms with Gasteiger partial charge in [-0.1, -0.05) is 19.8 Å². The Hall–Kier alpha value is -0.130. The zero-order valence-electron chi connectivity index (χ0n) is 12.4. The summed E-state index contributed by atoms with van der Waals surface area (Å²) in [5.41, 5.74) is 0. The van der Waals surface area contributed by atoms with Gasteiger partial charge in [0.2, 0.25) is 0 Å². The van der Waals surface area contributed by atoms with Gasteiger partial charge in [0, 0.05) is 25.5 Å². The van der Waals surface area contributed by atoms with Gasteiger partial charge in [0.15, 0.2) is 0 Å². The average molecular weight is 291 g/mol. The molecule has 1 aliphatic rings. The molecule has 0 heterocycles. The van der Waals surface area contributed by atoms with Crippen LogP contribution in [0.2, 0.25) is 0 Å². The third kappa shape index (κ3) is 7.28. The van der Waals surface area contributed by atoms with Crippen molar-refractivity contribution in [1.82, 2.24) is 5.32 Å². The zero-order chi connectivity index (χ0) is 14.1. The highest BCUT2D eigenvalue weighted by molar-refractivity contribution is 7.91. The Morgan fingerprint density at radius 2 is 1.95 bits per heavy atom. The summed E-state index contributed by atoms with van der Waals surface area (Å²) in [6.07, 6.45) is 8.39. The zero-order valence-corrected chi connectivity index (χ0v) is 13.2. The van der Waals surface area contributed by atoms with Crippen molar-refractivity contribution in [2.75, 3.05) is 26.0 Å². The maximum absolute atomic E-state index is 11.6. The second kappa shape index (κ2) is 8.93. The third-order valence-electron chi connectivity index (χ3n) is 3.77. The predicted molar refractivity (Wildman–Crippen MR) is 79.2 cm³/mol. The third-order valence-corrected chi connectivity index (χ3v) is 5.41. The Balaban J connectivity index is 2.09. The van der Waals surface area contributed by atoms with Crippen LogP contribution in [0.4, 0.5) is 0 Å². The van der Waals surface area contributed by atoms with Crippen molar-refractivity contribution in [2.24, 2.45) is 0 Å². The normalized spacial score (nSPS) is 24.5. The molecule has 19 heavy (non-hydrogen) atoms. The molecule has 1 N–H and O–H groups in total. The molecule has 2 atom stereocenters. The minimum absolute atomic E-state index is 0.139. The maximum Gasteiger partial charge on any atom is 0.150 e. The smallest absolute Gasteiger partial charge is 0.150 e. The molecule has 0 radical (unpaired) electrons. The highest BCUT2D eigenvalue weighted by Crippen LogP contribution is 2.23. The first-order valence-corrected chi connectivity index (χ1v) is 9.49. The Labute approximate surface area is 118 Å². The van der Waals surface area contributed by atoms with Crippen LogP contribution in [0.25, 0.3) is 0 Å². The number of hydrogen-bond donors (Lipinski definition) is 1. The van der Waals surface area contributed by atoms with Gasteiger partial charge in [-0.25, -0.2) is 8.42 Å². The minimum atomic E-state index is -2.87. The van der Waals surface area contributed by atoms with E-state index in [1.165, 1.54) is 12.7 Å². The molecule has 5 heteroatoms. The topological polar surface area (TPSA) is 55.4 Å². The number of rotatable bonds is 9. The lowest BCUT2D eigenvalue weighted by atomic mass is 9.95. The number of nitrogens with one attached hydrogen (secondary N) is 1. The number of hydrogen-bond acceptors (Lipinski definition) is 4. The molecule has 4 nitrogen and oxygen atoms in total. The molecule has 0 spiro atoms. The predicted octanol–water partition coefficient (Wildman–Crippen LogP) is 2.14. The van der Waals surface area contributed by atoms with Crippen LogP contribution in [-0.4, -0.2) is 45.7 Å². The van der Waals surface area contributed by atoms with Gasteiger partial charge >= 0.3 is 0 Å². The Kier molecular flexibility index (Phi) is 7.95. The fourth-order valence-corrected chi connectivity index (χ4v) is 3.72. The van der Waals surface area contributed by atoms with Crippen molar-refractivity contribution in [3.63, 3.8) is 0 Å². The molecule has 1 aliphatic carbocycles. The van der Waals surface area contributed by atoms with Crippen LogP contribution in [-0.2, 0) is 14.6 Å². The van der Waals surface area contributed by atoms with Crippen LogP contribution in [0.3, 0.4) is 0 Å². The highest BCUT2D eigenvalue weighted by atomic mass is 32.2. The van der Waals surface area contributed by atoms with Crippen LogP contribution >= 0.6 is 0 Å². The van der Waals surface area contributed by atoms with E-state index < -0.39 is 9.84 Å². The lowest BCUT2D eigenvalue weighted by molar-refractivity contribution is 0.128. The molecule has 0 aromatic heterocycles. The van der Waals surface area contributed by atoms with Crippen molar-refractivity contribution in [2.45, 2.75) is 63.2 Å². The Morgan fingerprint density at radius 1 is 1.21 bits per heavy atom. The standard InChI is InChI=1S/C14H29NO3S/c1-3-4-10-18-11-6-9-15-13-7-5-8-14(12-13)19(2,16)17/h13-15H,3-12H2,1-2H3. The van der Waals surface area contributed by atoms with E-state index in [1.807, 2.05) is 0 Å². The number of sulfone groups is 1. The van der Waals surface area contributed by atoms with Gasteiger partial charge in [-0.2, -0.15) is 0 Å². The fraction of sp³-hybridized carbons (Fsp3) is 1.00. The van der Waals surface area contributed by atoms with Crippen LogP contribution < -0.4 is 5.32 Å². The molecule has 1 rings (SSSR count). The number of ether oxygens (including phenoxy) is 1. The second-order valence-electron chi connectivity index (χ2n) is 5.59. The van der Waals surface area contributed by atoms with Crippen molar-refractivity contribution in [3.05, 3.63) is 0 Å². The van der Waals surface area contributed by atoms with Crippen molar-refractivity contribution < 1.29 is 13.2 Å². The Bertz CT molecular complexity index is 330. The van der Waals surface area contributed by atoms with Gasteiger partial charge in [0.25, 0.3) is 0 Å². The SMILES string of the molecule is CCCCOCCCNC1CCCC(S(C)(=O)=O)C1. The first kappa shape index (κ1) is 16.9. The molecule has 0 saturated heterocycles. The van der Waals surface area contributed by atoms with Crippen LogP contribution in [0.15, 0.2) is 0 Å². The summed E-state index contributed by atoms with van der Waals surface area (Å²) in [7, 11) is -2.87. The summed E-state index contributed by atoms with van der Waals surface area (Å²) in [5.74, 6) is 0. The van der Waals surface area contributed by atoms with Crippen molar-refractivity contribution >= 4 is 9.84 Å². The first-order chi connectivity index (χ1) is 9.04. The molecule has 114 valence electrons. The molecule has 0 aliphatic heterocycles.